The van der Waals surface area contributed by atoms with Crippen LogP contribution >= 0.6 is 11.3 Å². The maximum absolute atomic E-state index is 12.9. The molecule has 0 bridgehead atoms. The van der Waals surface area contributed by atoms with Crippen molar-refractivity contribution in [2.24, 2.45) is 0 Å². The number of amides is 1. The summed E-state index contributed by atoms with van der Waals surface area (Å²) in [6.07, 6.45) is 7.16. The second kappa shape index (κ2) is 7.05. The van der Waals surface area contributed by atoms with Crippen LogP contribution in [-0.4, -0.2) is 16.0 Å². The lowest BCUT2D eigenvalue weighted by atomic mass is 9.81. The van der Waals surface area contributed by atoms with Gasteiger partial charge in [-0.25, -0.2) is 0 Å². The molecule has 0 aromatic carbocycles. The fraction of sp³-hybridized carbons (Fsp3) is 0.611. The molecule has 2 aromatic heterocycles. The highest BCUT2D eigenvalue weighted by atomic mass is 32.1. The molecule has 0 spiro atoms. The summed E-state index contributed by atoms with van der Waals surface area (Å²) in [6, 6.07) is 2.04. The number of aromatic nitrogens is 2. The van der Waals surface area contributed by atoms with Crippen molar-refractivity contribution in [3.63, 3.8) is 0 Å². The van der Waals surface area contributed by atoms with E-state index in [0.717, 1.165) is 43.4 Å². The number of nitrogens with one attached hydrogen (secondary N) is 1. The number of aryl methyl sites for hydroxylation is 3. The first-order chi connectivity index (χ1) is 11.5. The van der Waals surface area contributed by atoms with Crippen LogP contribution in [0.2, 0.25) is 0 Å². The summed E-state index contributed by atoms with van der Waals surface area (Å²) in [5.74, 6) is 1.14. The third-order valence-corrected chi connectivity index (χ3v) is 5.87. The van der Waals surface area contributed by atoms with E-state index in [2.05, 4.69) is 29.3 Å². The molecule has 1 fully saturated rings. The van der Waals surface area contributed by atoms with E-state index in [0.29, 0.717) is 11.7 Å². The first-order valence-corrected chi connectivity index (χ1v) is 9.58. The molecule has 1 N–H and O–H groups in total. The Morgan fingerprint density at radius 1 is 1.33 bits per heavy atom. The summed E-state index contributed by atoms with van der Waals surface area (Å²) >= 11 is 1.57. The summed E-state index contributed by atoms with van der Waals surface area (Å²) in [5, 5.41) is 7.36. The van der Waals surface area contributed by atoms with Crippen LogP contribution in [0.4, 0.5) is 0 Å². The molecule has 2 aromatic rings. The highest BCUT2D eigenvalue weighted by Crippen LogP contribution is 2.36. The Labute approximate surface area is 146 Å². The zero-order valence-corrected chi connectivity index (χ0v) is 15.5. The molecule has 5 nitrogen and oxygen atoms in total. The van der Waals surface area contributed by atoms with Crippen molar-refractivity contribution in [2.75, 3.05) is 0 Å². The molecular formula is C18H25N3O2S. The Bertz CT molecular complexity index is 714. The summed E-state index contributed by atoms with van der Waals surface area (Å²) in [6.45, 7) is 6.03. The molecule has 0 unspecified atom stereocenters. The van der Waals surface area contributed by atoms with Crippen LogP contribution in [0.15, 0.2) is 10.6 Å². The van der Waals surface area contributed by atoms with Gasteiger partial charge in [0.1, 0.15) is 5.54 Å². The summed E-state index contributed by atoms with van der Waals surface area (Å²) < 4.78 is 5.18. The molecular weight excluding hydrogens is 322 g/mol. The van der Waals surface area contributed by atoms with Gasteiger partial charge >= 0.3 is 0 Å². The minimum atomic E-state index is -0.490. The van der Waals surface area contributed by atoms with Gasteiger partial charge in [0, 0.05) is 11.8 Å². The Morgan fingerprint density at radius 3 is 2.71 bits per heavy atom. The van der Waals surface area contributed by atoms with Crippen LogP contribution in [0.1, 0.15) is 77.3 Å². The quantitative estimate of drug-likeness (QED) is 0.876. The largest absolute Gasteiger partial charge is 0.340 e. The maximum Gasteiger partial charge on any atom is 0.262 e. The smallest absolute Gasteiger partial charge is 0.262 e. The second-order valence-corrected chi connectivity index (χ2v) is 7.93. The average Bonchev–Trinajstić information content (AvgIpc) is 3.16. The maximum atomic E-state index is 12.9. The Balaban J connectivity index is 1.85. The third kappa shape index (κ3) is 3.38. The van der Waals surface area contributed by atoms with E-state index < -0.39 is 5.54 Å². The van der Waals surface area contributed by atoms with E-state index in [1.165, 1.54) is 16.9 Å². The lowest BCUT2D eigenvalue weighted by molar-refractivity contribution is 0.0859. The standard InChI is InChI=1S/C18H25N3O2S/c1-4-8-14-11-15(24-12(14)2)16(22)20-18(9-6-5-7-10-18)17-19-13(3)23-21-17/h11H,4-10H2,1-3H3,(H,20,22). The van der Waals surface area contributed by atoms with Crippen LogP contribution in [0.3, 0.4) is 0 Å². The van der Waals surface area contributed by atoms with E-state index in [-0.39, 0.29) is 5.91 Å². The third-order valence-electron chi connectivity index (χ3n) is 4.78. The molecule has 0 aliphatic heterocycles. The lowest BCUT2D eigenvalue weighted by Crippen LogP contribution is -2.47. The van der Waals surface area contributed by atoms with Crippen molar-refractivity contribution in [1.82, 2.24) is 15.5 Å². The molecule has 24 heavy (non-hydrogen) atoms. The predicted molar refractivity (Wildman–Crippen MR) is 94.3 cm³/mol. The van der Waals surface area contributed by atoms with E-state index >= 15 is 0 Å². The molecule has 0 atom stereocenters. The minimum Gasteiger partial charge on any atom is -0.340 e. The predicted octanol–water partition coefficient (Wildman–Crippen LogP) is 4.29. The van der Waals surface area contributed by atoms with Crippen LogP contribution in [0, 0.1) is 13.8 Å². The molecule has 0 radical (unpaired) electrons. The number of nitrogens with zero attached hydrogens (tertiary/aromatic N) is 2. The van der Waals surface area contributed by atoms with Crippen LogP contribution < -0.4 is 5.32 Å². The number of carbonyl (C=O) groups is 1. The van der Waals surface area contributed by atoms with Gasteiger partial charge in [0.05, 0.1) is 4.88 Å². The summed E-state index contributed by atoms with van der Waals surface area (Å²) in [4.78, 5) is 19.3. The summed E-state index contributed by atoms with van der Waals surface area (Å²) in [5.41, 5.74) is 0.788. The molecule has 1 amide bonds. The van der Waals surface area contributed by atoms with Gasteiger partial charge in [0.15, 0.2) is 5.82 Å². The van der Waals surface area contributed by atoms with Crippen molar-refractivity contribution < 1.29 is 9.32 Å². The SMILES string of the molecule is CCCc1cc(C(=O)NC2(c3noc(C)n3)CCCCC2)sc1C. The van der Waals surface area contributed by atoms with Crippen molar-refractivity contribution in [3.8, 4) is 0 Å². The van der Waals surface area contributed by atoms with E-state index in [4.69, 9.17) is 4.52 Å². The van der Waals surface area contributed by atoms with Gasteiger partial charge in [-0.1, -0.05) is 37.8 Å². The van der Waals surface area contributed by atoms with Crippen molar-refractivity contribution in [2.45, 2.75) is 71.3 Å². The highest BCUT2D eigenvalue weighted by molar-refractivity contribution is 7.14. The number of rotatable bonds is 5. The second-order valence-electron chi connectivity index (χ2n) is 6.68. The van der Waals surface area contributed by atoms with Crippen molar-refractivity contribution in [3.05, 3.63) is 33.1 Å². The van der Waals surface area contributed by atoms with Gasteiger partial charge in [-0.3, -0.25) is 4.79 Å². The van der Waals surface area contributed by atoms with Gasteiger partial charge < -0.3 is 9.84 Å². The minimum absolute atomic E-state index is 0.0187. The Hall–Kier alpha value is -1.69. The molecule has 130 valence electrons. The normalized spacial score (nSPS) is 17.0. The Kier molecular flexibility index (Phi) is 5.04. The van der Waals surface area contributed by atoms with E-state index in [1.807, 2.05) is 6.07 Å². The van der Waals surface area contributed by atoms with Crippen LogP contribution in [-0.2, 0) is 12.0 Å². The molecule has 1 saturated carbocycles. The first kappa shape index (κ1) is 17.1. The lowest BCUT2D eigenvalue weighted by Gasteiger charge is -2.35. The van der Waals surface area contributed by atoms with Gasteiger partial charge in [-0.2, -0.15) is 4.98 Å². The number of hydrogen-bond acceptors (Lipinski definition) is 5. The molecule has 1 aliphatic carbocycles. The van der Waals surface area contributed by atoms with Gasteiger partial charge in [0.2, 0.25) is 5.89 Å². The Morgan fingerprint density at radius 2 is 2.08 bits per heavy atom. The fourth-order valence-corrected chi connectivity index (χ4v) is 4.45. The molecule has 1 aliphatic rings. The molecule has 6 heteroatoms. The van der Waals surface area contributed by atoms with E-state index in [1.54, 1.807) is 18.3 Å². The zero-order valence-electron chi connectivity index (χ0n) is 14.6. The van der Waals surface area contributed by atoms with Crippen LogP contribution in [0.5, 0.6) is 0 Å². The molecule has 2 heterocycles. The number of thiophene rings is 1. The molecule has 3 rings (SSSR count). The monoisotopic (exact) mass is 347 g/mol. The van der Waals surface area contributed by atoms with E-state index in [9.17, 15) is 4.79 Å². The van der Waals surface area contributed by atoms with Crippen molar-refractivity contribution in [1.29, 1.82) is 0 Å². The summed E-state index contributed by atoms with van der Waals surface area (Å²) in [7, 11) is 0. The van der Waals surface area contributed by atoms with Crippen LogP contribution in [0.25, 0.3) is 0 Å². The fourth-order valence-electron chi connectivity index (χ4n) is 3.48. The van der Waals surface area contributed by atoms with Gasteiger partial charge in [-0.05, 0) is 37.8 Å². The number of carbonyl (C=O) groups excluding carboxylic acids is 1. The highest BCUT2D eigenvalue weighted by Gasteiger charge is 2.40. The average molecular weight is 347 g/mol. The first-order valence-electron chi connectivity index (χ1n) is 8.77. The topological polar surface area (TPSA) is 68.0 Å². The van der Waals surface area contributed by atoms with Gasteiger partial charge in [0.25, 0.3) is 5.91 Å². The number of hydrogen-bond donors (Lipinski definition) is 1. The zero-order chi connectivity index (χ0) is 17.2. The van der Waals surface area contributed by atoms with Crippen molar-refractivity contribution >= 4 is 17.2 Å². The van der Waals surface area contributed by atoms with Gasteiger partial charge in [-0.15, -0.1) is 11.3 Å². The molecule has 0 saturated heterocycles.